The fraction of sp³-hybridized carbons (Fsp3) is 0.200. The van der Waals surface area contributed by atoms with Crippen molar-refractivity contribution in [1.29, 1.82) is 0 Å². The van der Waals surface area contributed by atoms with E-state index >= 15 is 0 Å². The van der Waals surface area contributed by atoms with Gasteiger partial charge in [0.25, 0.3) is 0 Å². The van der Waals surface area contributed by atoms with Crippen molar-refractivity contribution in [3.8, 4) is 11.8 Å². The fourth-order valence-electron chi connectivity index (χ4n) is 0.824. The van der Waals surface area contributed by atoms with Crippen molar-refractivity contribution in [2.45, 2.75) is 6.42 Å². The Labute approximate surface area is 93.7 Å². The van der Waals surface area contributed by atoms with Gasteiger partial charge >= 0.3 is 0 Å². The van der Waals surface area contributed by atoms with Crippen LogP contribution >= 0.6 is 35.8 Å². The summed E-state index contributed by atoms with van der Waals surface area (Å²) < 4.78 is 0. The van der Waals surface area contributed by atoms with Crippen LogP contribution in [0, 0.1) is 11.8 Å². The van der Waals surface area contributed by atoms with Crippen LogP contribution < -0.4 is 0 Å². The maximum absolute atomic E-state index is 5.90. The molecule has 0 aliphatic heterocycles. The minimum Gasteiger partial charge on any atom is -0.178 e. The van der Waals surface area contributed by atoms with Crippen molar-refractivity contribution < 1.29 is 0 Å². The van der Waals surface area contributed by atoms with Crippen LogP contribution in [0.25, 0.3) is 0 Å². The first-order valence-corrected chi connectivity index (χ1v) is 5.18. The summed E-state index contributed by atoms with van der Waals surface area (Å²) in [5.74, 6) is 6.60. The number of thiol groups is 1. The van der Waals surface area contributed by atoms with Gasteiger partial charge in [-0.15, -0.1) is 0 Å². The lowest BCUT2D eigenvalue weighted by Crippen LogP contribution is -1.79. The molecule has 0 saturated heterocycles. The Bertz CT molecular complexity index is 329. The van der Waals surface area contributed by atoms with Crippen LogP contribution in [-0.2, 0) is 0 Å². The van der Waals surface area contributed by atoms with E-state index in [1.807, 2.05) is 0 Å². The standard InChI is InChI=1S/C10H8Cl2S/c11-9-5-3-6-10(12)8(9)4-1-2-7-13/h3,5-6,13H,2,7H2. The zero-order chi connectivity index (χ0) is 9.68. The minimum absolute atomic E-state index is 0.596. The number of hydrogen-bond donors (Lipinski definition) is 1. The van der Waals surface area contributed by atoms with Gasteiger partial charge in [-0.3, -0.25) is 0 Å². The average molecular weight is 231 g/mol. The van der Waals surface area contributed by atoms with Gasteiger partial charge < -0.3 is 0 Å². The lowest BCUT2D eigenvalue weighted by Gasteiger charge is -1.97. The van der Waals surface area contributed by atoms with Crippen molar-refractivity contribution in [2.75, 3.05) is 5.75 Å². The minimum atomic E-state index is 0.596. The summed E-state index contributed by atoms with van der Waals surface area (Å²) in [7, 11) is 0. The molecule has 0 bridgehead atoms. The molecule has 0 unspecified atom stereocenters. The van der Waals surface area contributed by atoms with Crippen molar-refractivity contribution in [3.05, 3.63) is 33.8 Å². The highest BCUT2D eigenvalue weighted by Gasteiger charge is 2.00. The molecular formula is C10H8Cl2S. The molecule has 0 aromatic heterocycles. The highest BCUT2D eigenvalue weighted by molar-refractivity contribution is 7.80. The molecule has 1 aromatic rings. The number of halogens is 2. The van der Waals surface area contributed by atoms with Gasteiger partial charge in [0.05, 0.1) is 15.6 Å². The molecule has 68 valence electrons. The summed E-state index contributed by atoms with van der Waals surface area (Å²) in [4.78, 5) is 0. The second kappa shape index (κ2) is 5.44. The average Bonchev–Trinajstić information content (AvgIpc) is 2.10. The molecule has 1 rings (SSSR count). The van der Waals surface area contributed by atoms with E-state index < -0.39 is 0 Å². The molecule has 0 saturated carbocycles. The molecule has 0 spiro atoms. The van der Waals surface area contributed by atoms with Crippen LogP contribution in [0.15, 0.2) is 18.2 Å². The van der Waals surface area contributed by atoms with Crippen LogP contribution in [0.1, 0.15) is 12.0 Å². The Kier molecular flexibility index (Phi) is 4.52. The second-order valence-corrected chi connectivity index (χ2v) is 3.63. The highest BCUT2D eigenvalue weighted by atomic mass is 35.5. The fourth-order valence-corrected chi connectivity index (χ4v) is 1.43. The van der Waals surface area contributed by atoms with Crippen molar-refractivity contribution in [1.82, 2.24) is 0 Å². The predicted octanol–water partition coefficient (Wildman–Crippen LogP) is 3.66. The Morgan fingerprint density at radius 2 is 1.85 bits per heavy atom. The van der Waals surface area contributed by atoms with Crippen LogP contribution in [-0.4, -0.2) is 5.75 Å². The monoisotopic (exact) mass is 230 g/mol. The van der Waals surface area contributed by atoms with E-state index in [-0.39, 0.29) is 0 Å². The van der Waals surface area contributed by atoms with E-state index in [0.717, 1.165) is 12.2 Å². The van der Waals surface area contributed by atoms with Gasteiger partial charge in [0.1, 0.15) is 0 Å². The first-order valence-electron chi connectivity index (χ1n) is 3.79. The molecule has 0 fully saturated rings. The van der Waals surface area contributed by atoms with Crippen molar-refractivity contribution in [3.63, 3.8) is 0 Å². The molecule has 0 N–H and O–H groups in total. The third-order valence-electron chi connectivity index (χ3n) is 1.41. The molecule has 3 heteroatoms. The molecule has 0 aliphatic rings. The normalized spacial score (nSPS) is 9.15. The maximum Gasteiger partial charge on any atom is 0.0617 e. The van der Waals surface area contributed by atoms with E-state index in [4.69, 9.17) is 23.2 Å². The van der Waals surface area contributed by atoms with E-state index in [1.165, 1.54) is 0 Å². The van der Waals surface area contributed by atoms with Gasteiger partial charge in [-0.2, -0.15) is 12.6 Å². The number of benzene rings is 1. The number of hydrogen-bond acceptors (Lipinski definition) is 1. The Morgan fingerprint density at radius 3 is 2.38 bits per heavy atom. The molecule has 0 nitrogen and oxygen atoms in total. The van der Waals surface area contributed by atoms with Crippen LogP contribution in [0.3, 0.4) is 0 Å². The summed E-state index contributed by atoms with van der Waals surface area (Å²) in [6, 6.07) is 5.35. The molecule has 1 aromatic carbocycles. The zero-order valence-corrected chi connectivity index (χ0v) is 9.26. The SMILES string of the molecule is SCCC#Cc1c(Cl)cccc1Cl. The van der Waals surface area contributed by atoms with E-state index in [2.05, 4.69) is 24.5 Å². The van der Waals surface area contributed by atoms with Crippen molar-refractivity contribution in [2.24, 2.45) is 0 Å². The van der Waals surface area contributed by atoms with Crippen LogP contribution in [0.5, 0.6) is 0 Å². The van der Waals surface area contributed by atoms with Crippen LogP contribution in [0.4, 0.5) is 0 Å². The van der Waals surface area contributed by atoms with E-state index in [0.29, 0.717) is 15.6 Å². The molecule has 13 heavy (non-hydrogen) atoms. The summed E-state index contributed by atoms with van der Waals surface area (Å²) in [6.07, 6.45) is 0.741. The quantitative estimate of drug-likeness (QED) is 0.553. The van der Waals surface area contributed by atoms with Gasteiger partial charge in [0, 0.05) is 12.2 Å². The molecule has 0 heterocycles. The Balaban J connectivity index is 2.95. The lowest BCUT2D eigenvalue weighted by molar-refractivity contribution is 1.31. The van der Waals surface area contributed by atoms with Gasteiger partial charge in [-0.25, -0.2) is 0 Å². The second-order valence-electron chi connectivity index (χ2n) is 2.37. The van der Waals surface area contributed by atoms with Gasteiger partial charge in [-0.05, 0) is 12.1 Å². The number of rotatable bonds is 1. The third-order valence-corrected chi connectivity index (χ3v) is 2.27. The van der Waals surface area contributed by atoms with E-state index in [9.17, 15) is 0 Å². The molecular weight excluding hydrogens is 223 g/mol. The first kappa shape index (κ1) is 10.8. The smallest absolute Gasteiger partial charge is 0.0617 e. The Morgan fingerprint density at radius 1 is 1.23 bits per heavy atom. The summed E-state index contributed by atoms with van der Waals surface area (Å²) in [6.45, 7) is 0. The topological polar surface area (TPSA) is 0 Å². The summed E-state index contributed by atoms with van der Waals surface area (Å²) in [5.41, 5.74) is 0.701. The first-order chi connectivity index (χ1) is 6.25. The Hall–Kier alpha value is -0.290. The highest BCUT2D eigenvalue weighted by Crippen LogP contribution is 2.22. The van der Waals surface area contributed by atoms with Gasteiger partial charge in [0.2, 0.25) is 0 Å². The van der Waals surface area contributed by atoms with Crippen LogP contribution in [0.2, 0.25) is 10.0 Å². The lowest BCUT2D eigenvalue weighted by atomic mass is 10.2. The zero-order valence-electron chi connectivity index (χ0n) is 6.85. The van der Waals surface area contributed by atoms with Crippen molar-refractivity contribution >= 4 is 35.8 Å². The molecule has 0 aliphatic carbocycles. The summed E-state index contributed by atoms with van der Waals surface area (Å²) in [5, 5.41) is 1.19. The predicted molar refractivity (Wildman–Crippen MR) is 61.8 cm³/mol. The van der Waals surface area contributed by atoms with Gasteiger partial charge in [0.15, 0.2) is 0 Å². The van der Waals surface area contributed by atoms with Gasteiger partial charge in [-0.1, -0.05) is 41.1 Å². The molecule has 0 amide bonds. The summed E-state index contributed by atoms with van der Waals surface area (Å²) >= 11 is 15.9. The third kappa shape index (κ3) is 3.15. The maximum atomic E-state index is 5.90. The largest absolute Gasteiger partial charge is 0.178 e. The van der Waals surface area contributed by atoms with E-state index in [1.54, 1.807) is 18.2 Å². The molecule has 0 atom stereocenters. The molecule has 0 radical (unpaired) electrons.